The van der Waals surface area contributed by atoms with Crippen LogP contribution in [0.3, 0.4) is 0 Å². The normalized spacial score (nSPS) is 25.4. The molecule has 0 bridgehead atoms. The summed E-state index contributed by atoms with van der Waals surface area (Å²) in [7, 11) is 0. The van der Waals surface area contributed by atoms with E-state index in [4.69, 9.17) is 0 Å². The van der Waals surface area contributed by atoms with Crippen LogP contribution in [0.25, 0.3) is 0 Å². The minimum atomic E-state index is 0.0822. The SMILES string of the molecule is O=C1NC2=CCCCC2=C1NC1CCCCC1. The Morgan fingerprint density at radius 3 is 2.82 bits per heavy atom. The van der Waals surface area contributed by atoms with Gasteiger partial charge < -0.3 is 10.6 Å². The van der Waals surface area contributed by atoms with Crippen LogP contribution in [0, 0.1) is 0 Å². The molecule has 1 heterocycles. The fourth-order valence-electron chi connectivity index (χ4n) is 3.09. The third-order valence-electron chi connectivity index (χ3n) is 4.04. The monoisotopic (exact) mass is 232 g/mol. The van der Waals surface area contributed by atoms with Gasteiger partial charge in [-0.3, -0.25) is 4.79 Å². The fraction of sp³-hybridized carbons (Fsp3) is 0.643. The first-order valence-electron chi connectivity index (χ1n) is 6.86. The van der Waals surface area contributed by atoms with Gasteiger partial charge in [0.25, 0.3) is 5.91 Å². The van der Waals surface area contributed by atoms with E-state index in [0.29, 0.717) is 6.04 Å². The molecule has 0 unspecified atom stereocenters. The average molecular weight is 232 g/mol. The number of carbonyl (C=O) groups is 1. The number of rotatable bonds is 2. The predicted molar refractivity (Wildman–Crippen MR) is 67.1 cm³/mol. The van der Waals surface area contributed by atoms with Gasteiger partial charge in [-0.05, 0) is 32.1 Å². The van der Waals surface area contributed by atoms with Gasteiger partial charge in [-0.25, -0.2) is 0 Å². The van der Waals surface area contributed by atoms with Crippen molar-refractivity contribution in [2.75, 3.05) is 0 Å². The Hall–Kier alpha value is -1.25. The van der Waals surface area contributed by atoms with Crippen LogP contribution < -0.4 is 10.6 Å². The van der Waals surface area contributed by atoms with Crippen molar-refractivity contribution >= 4 is 5.91 Å². The van der Waals surface area contributed by atoms with Crippen molar-refractivity contribution in [2.45, 2.75) is 57.4 Å². The quantitative estimate of drug-likeness (QED) is 0.767. The van der Waals surface area contributed by atoms with Gasteiger partial charge in [-0.1, -0.05) is 25.3 Å². The average Bonchev–Trinajstić information content (AvgIpc) is 2.68. The molecule has 3 aliphatic rings. The van der Waals surface area contributed by atoms with Crippen LogP contribution in [0.1, 0.15) is 51.4 Å². The first-order valence-corrected chi connectivity index (χ1v) is 6.86. The van der Waals surface area contributed by atoms with Crippen molar-refractivity contribution < 1.29 is 4.79 Å². The molecule has 2 N–H and O–H groups in total. The highest BCUT2D eigenvalue weighted by Crippen LogP contribution is 2.30. The summed E-state index contributed by atoms with van der Waals surface area (Å²) in [6.07, 6.45) is 11.8. The lowest BCUT2D eigenvalue weighted by molar-refractivity contribution is -0.116. The first-order chi connectivity index (χ1) is 8.34. The molecule has 0 spiro atoms. The summed E-state index contributed by atoms with van der Waals surface area (Å²) in [5, 5.41) is 6.47. The van der Waals surface area contributed by atoms with E-state index in [0.717, 1.165) is 24.2 Å². The first kappa shape index (κ1) is 10.9. The minimum Gasteiger partial charge on any atom is -0.378 e. The highest BCUT2D eigenvalue weighted by molar-refractivity contribution is 5.99. The van der Waals surface area contributed by atoms with E-state index >= 15 is 0 Å². The van der Waals surface area contributed by atoms with Gasteiger partial charge in [-0.2, -0.15) is 0 Å². The Kier molecular flexibility index (Phi) is 2.91. The molecule has 2 aliphatic carbocycles. The van der Waals surface area contributed by atoms with Crippen LogP contribution >= 0.6 is 0 Å². The summed E-state index contributed by atoms with van der Waals surface area (Å²) >= 11 is 0. The number of nitrogens with one attached hydrogen (secondary N) is 2. The highest BCUT2D eigenvalue weighted by atomic mass is 16.2. The van der Waals surface area contributed by atoms with Crippen molar-refractivity contribution in [2.24, 2.45) is 0 Å². The number of hydrogen-bond donors (Lipinski definition) is 2. The molecule has 3 rings (SSSR count). The zero-order valence-electron chi connectivity index (χ0n) is 10.2. The second-order valence-electron chi connectivity index (χ2n) is 5.30. The van der Waals surface area contributed by atoms with Crippen molar-refractivity contribution in [3.05, 3.63) is 23.0 Å². The second kappa shape index (κ2) is 4.55. The minimum absolute atomic E-state index is 0.0822. The Balaban J connectivity index is 1.78. The molecule has 3 heteroatoms. The van der Waals surface area contributed by atoms with Crippen molar-refractivity contribution in [3.63, 3.8) is 0 Å². The maximum absolute atomic E-state index is 11.9. The lowest BCUT2D eigenvalue weighted by Gasteiger charge is -2.24. The summed E-state index contributed by atoms with van der Waals surface area (Å²) in [6, 6.07) is 0.512. The Labute approximate surface area is 102 Å². The third-order valence-corrected chi connectivity index (χ3v) is 4.04. The number of allylic oxidation sites excluding steroid dienone is 2. The predicted octanol–water partition coefficient (Wildman–Crippen LogP) is 2.36. The highest BCUT2D eigenvalue weighted by Gasteiger charge is 2.29. The standard InChI is InChI=1S/C14H20N2O/c17-14-13(15-10-6-2-1-3-7-10)11-8-4-5-9-12(11)16-14/h9-10,15H,1-8H2,(H,16,17). The number of hydrogen-bond acceptors (Lipinski definition) is 2. The van der Waals surface area contributed by atoms with E-state index in [2.05, 4.69) is 16.7 Å². The molecule has 0 atom stereocenters. The number of amides is 1. The Morgan fingerprint density at radius 1 is 1.18 bits per heavy atom. The van der Waals surface area contributed by atoms with Crippen LogP contribution in [0.15, 0.2) is 23.0 Å². The molecule has 0 aromatic carbocycles. The van der Waals surface area contributed by atoms with Crippen LogP contribution in [0.5, 0.6) is 0 Å². The molecule has 0 aromatic rings. The maximum Gasteiger partial charge on any atom is 0.272 e. The zero-order valence-corrected chi connectivity index (χ0v) is 10.2. The molecule has 0 aromatic heterocycles. The Morgan fingerprint density at radius 2 is 2.00 bits per heavy atom. The van der Waals surface area contributed by atoms with E-state index in [9.17, 15) is 4.79 Å². The van der Waals surface area contributed by atoms with E-state index in [1.807, 2.05) is 0 Å². The molecule has 1 aliphatic heterocycles. The molecule has 1 fully saturated rings. The summed E-state index contributed by atoms with van der Waals surface area (Å²) in [6.45, 7) is 0. The van der Waals surface area contributed by atoms with E-state index in [-0.39, 0.29) is 5.91 Å². The smallest absolute Gasteiger partial charge is 0.272 e. The van der Waals surface area contributed by atoms with Crippen LogP contribution in [0.4, 0.5) is 0 Å². The number of fused-ring (bicyclic) bond motifs is 1. The molecule has 17 heavy (non-hydrogen) atoms. The van der Waals surface area contributed by atoms with Gasteiger partial charge >= 0.3 is 0 Å². The van der Waals surface area contributed by atoms with Crippen LogP contribution in [-0.2, 0) is 4.79 Å². The van der Waals surface area contributed by atoms with Crippen molar-refractivity contribution in [1.82, 2.24) is 10.6 Å². The topological polar surface area (TPSA) is 41.1 Å². The lowest BCUT2D eigenvalue weighted by atomic mass is 9.94. The molecule has 1 saturated carbocycles. The molecule has 3 nitrogen and oxygen atoms in total. The van der Waals surface area contributed by atoms with Crippen molar-refractivity contribution in [3.8, 4) is 0 Å². The fourth-order valence-corrected chi connectivity index (χ4v) is 3.09. The largest absolute Gasteiger partial charge is 0.378 e. The van der Waals surface area contributed by atoms with Gasteiger partial charge in [0.15, 0.2) is 0 Å². The van der Waals surface area contributed by atoms with Gasteiger partial charge in [0.1, 0.15) is 5.70 Å². The molecule has 0 saturated heterocycles. The van der Waals surface area contributed by atoms with Gasteiger partial charge in [0, 0.05) is 17.3 Å². The summed E-state index contributed by atoms with van der Waals surface area (Å²) in [4.78, 5) is 11.9. The maximum atomic E-state index is 11.9. The van der Waals surface area contributed by atoms with Crippen molar-refractivity contribution in [1.29, 1.82) is 0 Å². The summed E-state index contributed by atoms with van der Waals surface area (Å²) < 4.78 is 0. The second-order valence-corrected chi connectivity index (χ2v) is 5.30. The zero-order chi connectivity index (χ0) is 11.7. The van der Waals surface area contributed by atoms with Gasteiger partial charge in [0.2, 0.25) is 0 Å². The van der Waals surface area contributed by atoms with E-state index < -0.39 is 0 Å². The third kappa shape index (κ3) is 2.11. The molecule has 1 amide bonds. The van der Waals surface area contributed by atoms with Gasteiger partial charge in [-0.15, -0.1) is 0 Å². The number of carbonyl (C=O) groups excluding carboxylic acids is 1. The summed E-state index contributed by atoms with van der Waals surface area (Å²) in [5.41, 5.74) is 3.16. The molecule has 92 valence electrons. The van der Waals surface area contributed by atoms with E-state index in [1.54, 1.807) is 0 Å². The lowest BCUT2D eigenvalue weighted by Crippen LogP contribution is -2.34. The van der Waals surface area contributed by atoms with Crippen LogP contribution in [0.2, 0.25) is 0 Å². The molecule has 0 radical (unpaired) electrons. The Bertz CT molecular complexity index is 389. The van der Waals surface area contributed by atoms with Gasteiger partial charge in [0.05, 0.1) is 0 Å². The van der Waals surface area contributed by atoms with E-state index in [1.165, 1.54) is 44.1 Å². The molecular formula is C14H20N2O. The van der Waals surface area contributed by atoms with Crippen LogP contribution in [-0.4, -0.2) is 11.9 Å². The molecular weight excluding hydrogens is 212 g/mol. The summed E-state index contributed by atoms with van der Waals surface area (Å²) in [5.74, 6) is 0.0822.